The van der Waals surface area contributed by atoms with Crippen LogP contribution in [0.3, 0.4) is 0 Å². The van der Waals surface area contributed by atoms with Gasteiger partial charge in [0.15, 0.2) is 0 Å². The summed E-state index contributed by atoms with van der Waals surface area (Å²) in [6, 6.07) is 17.0. The Labute approximate surface area is 178 Å². The van der Waals surface area contributed by atoms with Crippen LogP contribution in [0.2, 0.25) is 0 Å². The van der Waals surface area contributed by atoms with Gasteiger partial charge in [-0.15, -0.1) is 0 Å². The second-order valence-electron chi connectivity index (χ2n) is 7.55. The van der Waals surface area contributed by atoms with Crippen LogP contribution in [0.4, 0.5) is 11.4 Å². The summed E-state index contributed by atoms with van der Waals surface area (Å²) in [5.74, 6) is -0.281. The van der Waals surface area contributed by atoms with E-state index < -0.39 is 0 Å². The predicted octanol–water partition coefficient (Wildman–Crippen LogP) is 4.36. The van der Waals surface area contributed by atoms with Gasteiger partial charge in [0, 0.05) is 36.0 Å². The molecule has 0 bridgehead atoms. The molecule has 2 amide bonds. The van der Waals surface area contributed by atoms with Crippen LogP contribution in [0.15, 0.2) is 59.1 Å². The van der Waals surface area contributed by atoms with Crippen LogP contribution in [0.5, 0.6) is 0 Å². The van der Waals surface area contributed by atoms with Gasteiger partial charge in [0.25, 0.3) is 11.6 Å². The van der Waals surface area contributed by atoms with Crippen molar-refractivity contribution in [3.05, 3.63) is 71.4 Å². The van der Waals surface area contributed by atoms with Crippen molar-refractivity contribution in [2.45, 2.75) is 20.3 Å². The summed E-state index contributed by atoms with van der Waals surface area (Å²) in [4.78, 5) is 31.6. The summed E-state index contributed by atoms with van der Waals surface area (Å²) < 4.78 is 5.38. The molecular formula is C24H20N4O3. The number of rotatable bonds is 3. The van der Waals surface area contributed by atoms with Crippen LogP contribution in [-0.2, 0) is 11.2 Å². The summed E-state index contributed by atoms with van der Waals surface area (Å²) in [6.45, 7) is 3.95. The molecule has 2 aromatic heterocycles. The van der Waals surface area contributed by atoms with Crippen molar-refractivity contribution < 1.29 is 14.1 Å². The highest BCUT2D eigenvalue weighted by Crippen LogP contribution is 2.34. The van der Waals surface area contributed by atoms with Crippen molar-refractivity contribution in [3.63, 3.8) is 0 Å². The van der Waals surface area contributed by atoms with E-state index in [0.29, 0.717) is 46.7 Å². The molecule has 7 nitrogen and oxygen atoms in total. The number of nitrogens with zero attached hydrogens (tertiary/aromatic N) is 3. The van der Waals surface area contributed by atoms with Crippen molar-refractivity contribution in [1.82, 2.24) is 10.1 Å². The minimum absolute atomic E-state index is 0.00864. The van der Waals surface area contributed by atoms with Crippen molar-refractivity contribution in [2.24, 2.45) is 0 Å². The molecule has 0 spiro atoms. The summed E-state index contributed by atoms with van der Waals surface area (Å²) in [5.41, 5.74) is 5.39. The molecule has 154 valence electrons. The van der Waals surface area contributed by atoms with Crippen molar-refractivity contribution in [3.8, 4) is 11.3 Å². The van der Waals surface area contributed by atoms with Gasteiger partial charge in [-0.2, -0.15) is 0 Å². The number of pyridine rings is 1. The van der Waals surface area contributed by atoms with Gasteiger partial charge in [0.2, 0.25) is 5.91 Å². The quantitative estimate of drug-likeness (QED) is 0.540. The highest BCUT2D eigenvalue weighted by atomic mass is 16.5. The smallest absolute Gasteiger partial charge is 0.259 e. The zero-order valence-electron chi connectivity index (χ0n) is 17.2. The first kappa shape index (κ1) is 19.0. The number of benzene rings is 2. The molecule has 0 unspecified atom stereocenters. The minimum Gasteiger partial charge on any atom is -0.335 e. The van der Waals surface area contributed by atoms with E-state index in [9.17, 15) is 9.59 Å². The number of aromatic nitrogens is 2. The zero-order chi connectivity index (χ0) is 21.5. The Bertz CT molecular complexity index is 1330. The van der Waals surface area contributed by atoms with Crippen LogP contribution in [-0.4, -0.2) is 28.5 Å². The first-order chi connectivity index (χ1) is 15.0. The Balaban J connectivity index is 1.57. The first-order valence-electron chi connectivity index (χ1n) is 10.1. The van der Waals surface area contributed by atoms with Crippen molar-refractivity contribution in [1.29, 1.82) is 0 Å². The lowest BCUT2D eigenvalue weighted by Crippen LogP contribution is -2.25. The van der Waals surface area contributed by atoms with E-state index in [-0.39, 0.29) is 11.8 Å². The summed E-state index contributed by atoms with van der Waals surface area (Å²) in [5, 5.41) is 7.63. The molecular weight excluding hydrogens is 392 g/mol. The molecule has 0 saturated carbocycles. The van der Waals surface area contributed by atoms with Crippen LogP contribution < -0.4 is 10.2 Å². The van der Waals surface area contributed by atoms with Gasteiger partial charge in [-0.3, -0.25) is 9.59 Å². The van der Waals surface area contributed by atoms with Crippen molar-refractivity contribution >= 4 is 34.3 Å². The Morgan fingerprint density at radius 2 is 1.90 bits per heavy atom. The van der Waals surface area contributed by atoms with Gasteiger partial charge in [-0.05, 0) is 31.5 Å². The lowest BCUT2D eigenvalue weighted by Gasteiger charge is -2.16. The minimum atomic E-state index is -0.273. The fraction of sp³-hybridized carbons (Fsp3) is 0.167. The number of carbonyl (C=O) groups excluding carboxylic acids is 2. The number of amides is 2. The van der Waals surface area contributed by atoms with Crippen molar-refractivity contribution in [2.75, 3.05) is 16.8 Å². The number of hydrogen-bond donors (Lipinski definition) is 1. The van der Waals surface area contributed by atoms with Gasteiger partial charge in [0.1, 0.15) is 0 Å². The van der Waals surface area contributed by atoms with Crippen LogP contribution in [0.1, 0.15) is 28.5 Å². The molecule has 3 heterocycles. The molecule has 0 saturated heterocycles. The lowest BCUT2D eigenvalue weighted by atomic mass is 10.0. The number of carbonyl (C=O) groups is 2. The van der Waals surface area contributed by atoms with E-state index in [4.69, 9.17) is 4.52 Å². The van der Waals surface area contributed by atoms with Gasteiger partial charge in [0.05, 0.1) is 22.3 Å². The van der Waals surface area contributed by atoms with Crippen LogP contribution in [0, 0.1) is 6.92 Å². The normalized spacial score (nSPS) is 12.8. The molecule has 1 aliphatic rings. The average molecular weight is 412 g/mol. The number of hydrogen-bond acceptors (Lipinski definition) is 5. The molecule has 0 atom stereocenters. The molecule has 7 heteroatoms. The van der Waals surface area contributed by atoms with E-state index >= 15 is 0 Å². The lowest BCUT2D eigenvalue weighted by molar-refractivity contribution is -0.116. The summed E-state index contributed by atoms with van der Waals surface area (Å²) >= 11 is 0. The topological polar surface area (TPSA) is 88.3 Å². The first-order valence-corrected chi connectivity index (χ1v) is 10.1. The van der Waals surface area contributed by atoms with Gasteiger partial charge >= 0.3 is 0 Å². The third kappa shape index (κ3) is 3.24. The number of anilines is 2. The van der Waals surface area contributed by atoms with Crippen LogP contribution >= 0.6 is 0 Å². The molecule has 0 fully saturated rings. The third-order valence-corrected chi connectivity index (χ3v) is 5.59. The Kier molecular flexibility index (Phi) is 4.51. The fourth-order valence-electron chi connectivity index (χ4n) is 4.10. The highest BCUT2D eigenvalue weighted by Gasteiger charge is 2.26. The fourth-order valence-corrected chi connectivity index (χ4v) is 4.10. The Morgan fingerprint density at radius 3 is 2.68 bits per heavy atom. The number of aryl methyl sites for hydroxylation is 1. The summed E-state index contributed by atoms with van der Waals surface area (Å²) in [6.07, 6.45) is 0.693. The molecule has 0 aliphatic carbocycles. The second-order valence-corrected chi connectivity index (χ2v) is 7.55. The van der Waals surface area contributed by atoms with E-state index in [2.05, 4.69) is 15.5 Å². The van der Waals surface area contributed by atoms with E-state index in [1.54, 1.807) is 24.8 Å². The average Bonchev–Trinajstić information content (AvgIpc) is 3.38. The predicted molar refractivity (Wildman–Crippen MR) is 118 cm³/mol. The SMILES string of the molecule is CC(=O)N1CCc2c(NC(=O)c3cc(-c4ccccc4)nc4onc(C)c34)cccc21. The van der Waals surface area contributed by atoms with Gasteiger partial charge in [-0.1, -0.05) is 41.6 Å². The second kappa shape index (κ2) is 7.36. The maximum atomic E-state index is 13.4. The van der Waals surface area contributed by atoms with Crippen LogP contribution in [0.25, 0.3) is 22.4 Å². The molecule has 1 N–H and O–H groups in total. The molecule has 31 heavy (non-hydrogen) atoms. The summed E-state index contributed by atoms with van der Waals surface area (Å²) in [7, 11) is 0. The third-order valence-electron chi connectivity index (χ3n) is 5.59. The van der Waals surface area contributed by atoms with E-state index in [0.717, 1.165) is 16.8 Å². The molecule has 4 aromatic rings. The molecule has 1 aliphatic heterocycles. The van der Waals surface area contributed by atoms with E-state index in [1.165, 1.54) is 0 Å². The largest absolute Gasteiger partial charge is 0.335 e. The number of fused-ring (bicyclic) bond motifs is 2. The maximum Gasteiger partial charge on any atom is 0.259 e. The Morgan fingerprint density at radius 1 is 1.10 bits per heavy atom. The maximum absolute atomic E-state index is 13.4. The zero-order valence-corrected chi connectivity index (χ0v) is 17.2. The van der Waals surface area contributed by atoms with Gasteiger partial charge < -0.3 is 14.7 Å². The Hall–Kier alpha value is -4.00. The van der Waals surface area contributed by atoms with Gasteiger partial charge in [-0.25, -0.2) is 4.98 Å². The molecule has 2 aromatic carbocycles. The highest BCUT2D eigenvalue weighted by molar-refractivity contribution is 6.13. The van der Waals surface area contributed by atoms with E-state index in [1.807, 2.05) is 48.5 Å². The standard InChI is InChI=1S/C24H20N4O3/c1-14-22-18(13-20(26-24(22)31-27-14)16-7-4-3-5-8-16)23(30)25-19-9-6-10-21-17(19)11-12-28(21)15(2)29/h3-10,13H,11-12H2,1-2H3,(H,25,30). The molecule has 0 radical (unpaired) electrons. The number of nitrogens with one attached hydrogen (secondary N) is 1. The molecule has 5 rings (SSSR count). The monoisotopic (exact) mass is 412 g/mol.